The molecular formula is C31H29NO5S. The van der Waals surface area contributed by atoms with Gasteiger partial charge in [0.15, 0.2) is 5.78 Å². The first-order valence-corrected chi connectivity index (χ1v) is 13.8. The molecule has 2 N–H and O–H groups in total. The lowest BCUT2D eigenvalue weighted by Gasteiger charge is -2.12. The number of anilines is 1. The van der Waals surface area contributed by atoms with E-state index in [4.69, 9.17) is 0 Å². The molecule has 0 aliphatic heterocycles. The van der Waals surface area contributed by atoms with Gasteiger partial charge in [-0.2, -0.15) is 0 Å². The molecule has 38 heavy (non-hydrogen) atoms. The minimum atomic E-state index is -3.69. The van der Waals surface area contributed by atoms with Crippen LogP contribution in [-0.4, -0.2) is 25.3 Å². The molecule has 194 valence electrons. The number of carbonyl (C=O) groups excluding carboxylic acids is 1. The summed E-state index contributed by atoms with van der Waals surface area (Å²) in [5.41, 5.74) is 4.63. The predicted molar refractivity (Wildman–Crippen MR) is 149 cm³/mol. The maximum Gasteiger partial charge on any atom is 0.306 e. The van der Waals surface area contributed by atoms with Gasteiger partial charge in [0.05, 0.1) is 10.8 Å². The number of nitrogens with one attached hydrogen (secondary N) is 1. The monoisotopic (exact) mass is 527 g/mol. The zero-order valence-electron chi connectivity index (χ0n) is 21.0. The van der Waals surface area contributed by atoms with E-state index >= 15 is 0 Å². The Kier molecular flexibility index (Phi) is 8.38. The number of benzene rings is 4. The zero-order chi connectivity index (χ0) is 27.1. The second kappa shape index (κ2) is 11.9. The summed E-state index contributed by atoms with van der Waals surface area (Å²) in [6.07, 6.45) is 0.932. The first-order valence-electron chi connectivity index (χ1n) is 12.3. The van der Waals surface area contributed by atoms with E-state index in [2.05, 4.69) is 4.72 Å². The number of hydrogen-bond donors (Lipinski definition) is 2. The molecule has 0 radical (unpaired) electrons. The van der Waals surface area contributed by atoms with Crippen molar-refractivity contribution in [1.82, 2.24) is 0 Å². The summed E-state index contributed by atoms with van der Waals surface area (Å²) < 4.78 is 27.8. The summed E-state index contributed by atoms with van der Waals surface area (Å²) in [7, 11) is -3.69. The van der Waals surface area contributed by atoms with E-state index in [9.17, 15) is 23.1 Å². The van der Waals surface area contributed by atoms with Gasteiger partial charge in [0.1, 0.15) is 0 Å². The Morgan fingerprint density at radius 1 is 0.789 bits per heavy atom. The third-order valence-electron chi connectivity index (χ3n) is 6.41. The molecule has 0 saturated heterocycles. The first-order chi connectivity index (χ1) is 18.2. The van der Waals surface area contributed by atoms with Crippen molar-refractivity contribution in [1.29, 1.82) is 0 Å². The number of carboxylic acid groups (broad SMARTS) is 1. The number of hydrogen-bond acceptors (Lipinski definition) is 4. The highest BCUT2D eigenvalue weighted by Crippen LogP contribution is 2.25. The second-order valence-corrected chi connectivity index (χ2v) is 10.9. The Morgan fingerprint density at radius 3 is 1.95 bits per heavy atom. The highest BCUT2D eigenvalue weighted by Gasteiger charge is 2.22. The fourth-order valence-electron chi connectivity index (χ4n) is 4.15. The van der Waals surface area contributed by atoms with E-state index in [0.29, 0.717) is 24.1 Å². The van der Waals surface area contributed by atoms with Crippen molar-refractivity contribution in [3.63, 3.8) is 0 Å². The van der Waals surface area contributed by atoms with Crippen molar-refractivity contribution in [2.45, 2.75) is 31.1 Å². The van der Waals surface area contributed by atoms with Gasteiger partial charge in [-0.1, -0.05) is 84.4 Å². The Morgan fingerprint density at radius 2 is 1.37 bits per heavy atom. The van der Waals surface area contributed by atoms with Gasteiger partial charge in [-0.3, -0.25) is 14.3 Å². The molecule has 0 saturated carbocycles. The van der Waals surface area contributed by atoms with Gasteiger partial charge >= 0.3 is 5.97 Å². The van der Waals surface area contributed by atoms with E-state index in [-0.39, 0.29) is 17.1 Å². The number of rotatable bonds is 11. The fraction of sp³-hybridized carbons (Fsp3) is 0.161. The van der Waals surface area contributed by atoms with Crippen LogP contribution in [-0.2, 0) is 21.2 Å². The molecule has 0 aliphatic carbocycles. The molecule has 0 amide bonds. The van der Waals surface area contributed by atoms with Crippen molar-refractivity contribution >= 4 is 27.5 Å². The molecule has 4 rings (SSSR count). The van der Waals surface area contributed by atoms with E-state index in [1.807, 2.05) is 37.3 Å². The van der Waals surface area contributed by atoms with Crippen LogP contribution in [0.2, 0.25) is 0 Å². The van der Waals surface area contributed by atoms with E-state index in [1.54, 1.807) is 72.8 Å². The third-order valence-corrected chi connectivity index (χ3v) is 7.81. The minimum Gasteiger partial charge on any atom is -0.481 e. The summed E-state index contributed by atoms with van der Waals surface area (Å²) in [4.78, 5) is 24.7. The van der Waals surface area contributed by atoms with Crippen molar-refractivity contribution in [3.05, 3.63) is 120 Å². The molecule has 0 bridgehead atoms. The number of ketones is 1. The van der Waals surface area contributed by atoms with Crippen LogP contribution in [0.1, 0.15) is 34.3 Å². The van der Waals surface area contributed by atoms with Crippen LogP contribution in [0.4, 0.5) is 5.69 Å². The smallest absolute Gasteiger partial charge is 0.306 e. The lowest BCUT2D eigenvalue weighted by atomic mass is 9.92. The molecule has 0 aliphatic rings. The Hall–Kier alpha value is -4.23. The average molecular weight is 528 g/mol. The molecule has 7 heteroatoms. The fourth-order valence-corrected chi connectivity index (χ4v) is 5.21. The molecule has 0 fully saturated rings. The molecule has 0 heterocycles. The van der Waals surface area contributed by atoms with Crippen molar-refractivity contribution < 1.29 is 23.1 Å². The zero-order valence-corrected chi connectivity index (χ0v) is 21.8. The van der Waals surface area contributed by atoms with Crippen molar-refractivity contribution in [2.24, 2.45) is 5.92 Å². The van der Waals surface area contributed by atoms with Crippen molar-refractivity contribution in [3.8, 4) is 11.1 Å². The standard InChI is InChI=1S/C31H29NO5S/c1-22-7-19-29(20-8-22)38(36,37)32-28-17-15-25(16-18-28)24-11-13-26(14-12-24)30(33)21-27(31(34)35)10-9-23-5-3-2-4-6-23/h2-8,11-20,27,32H,9-10,21H2,1H3,(H,34,35). The number of aliphatic carboxylic acids is 1. The summed E-state index contributed by atoms with van der Waals surface area (Å²) in [5.74, 6) is -1.93. The largest absolute Gasteiger partial charge is 0.481 e. The van der Waals surface area contributed by atoms with Gasteiger partial charge in [0.25, 0.3) is 10.0 Å². The molecule has 0 spiro atoms. The third kappa shape index (κ3) is 6.95. The number of aryl methyl sites for hydroxylation is 2. The van der Waals surface area contributed by atoms with Crippen molar-refractivity contribution in [2.75, 3.05) is 4.72 Å². The van der Waals surface area contributed by atoms with Crippen LogP contribution < -0.4 is 4.72 Å². The Labute approximate surface area is 223 Å². The molecule has 4 aromatic carbocycles. The molecule has 0 aromatic heterocycles. The number of carbonyl (C=O) groups is 2. The topological polar surface area (TPSA) is 101 Å². The Bertz CT molecular complexity index is 1500. The van der Waals surface area contributed by atoms with Crippen LogP contribution in [0.5, 0.6) is 0 Å². The quantitative estimate of drug-likeness (QED) is 0.221. The van der Waals surface area contributed by atoms with E-state index in [1.165, 1.54) is 0 Å². The lowest BCUT2D eigenvalue weighted by molar-refractivity contribution is -0.141. The molecular weight excluding hydrogens is 498 g/mol. The van der Waals surface area contributed by atoms with Gasteiger partial charge in [0, 0.05) is 17.7 Å². The first kappa shape index (κ1) is 26.8. The maximum absolute atomic E-state index is 12.8. The SMILES string of the molecule is Cc1ccc(S(=O)(=O)Nc2ccc(-c3ccc(C(=O)CC(CCc4ccccc4)C(=O)O)cc3)cc2)cc1. The molecule has 4 aromatic rings. The van der Waals surface area contributed by atoms with Gasteiger partial charge in [-0.05, 0) is 60.7 Å². The van der Waals surface area contributed by atoms with E-state index < -0.39 is 21.9 Å². The van der Waals surface area contributed by atoms with Crippen LogP contribution >= 0.6 is 0 Å². The van der Waals surface area contributed by atoms with Crippen LogP contribution in [0.15, 0.2) is 108 Å². The Balaban J connectivity index is 1.38. The second-order valence-electron chi connectivity index (χ2n) is 9.26. The number of carboxylic acids is 1. The van der Waals surface area contributed by atoms with Gasteiger partial charge in [-0.15, -0.1) is 0 Å². The van der Waals surface area contributed by atoms with Crippen LogP contribution in [0.25, 0.3) is 11.1 Å². The van der Waals surface area contributed by atoms with Crippen LogP contribution in [0, 0.1) is 12.8 Å². The summed E-state index contributed by atoms with van der Waals surface area (Å²) in [5, 5.41) is 9.61. The lowest BCUT2D eigenvalue weighted by Crippen LogP contribution is -2.19. The number of Topliss-reactive ketones (excluding diaryl/α,β-unsaturated/α-hetero) is 1. The van der Waals surface area contributed by atoms with E-state index in [0.717, 1.165) is 22.3 Å². The summed E-state index contributed by atoms with van der Waals surface area (Å²) in [6.45, 7) is 1.89. The molecule has 1 unspecified atom stereocenters. The summed E-state index contributed by atoms with van der Waals surface area (Å²) in [6, 6.07) is 30.2. The normalized spacial score (nSPS) is 12.0. The van der Waals surface area contributed by atoms with Gasteiger partial charge in [0.2, 0.25) is 0 Å². The number of sulfonamides is 1. The highest BCUT2D eigenvalue weighted by atomic mass is 32.2. The molecule has 1 atom stereocenters. The maximum atomic E-state index is 12.8. The van der Waals surface area contributed by atoms with Gasteiger partial charge in [-0.25, -0.2) is 8.42 Å². The predicted octanol–water partition coefficient (Wildman–Crippen LogP) is 6.37. The molecule has 6 nitrogen and oxygen atoms in total. The summed E-state index contributed by atoms with van der Waals surface area (Å²) >= 11 is 0. The average Bonchev–Trinajstić information content (AvgIpc) is 2.92. The van der Waals surface area contributed by atoms with Gasteiger partial charge < -0.3 is 5.11 Å². The minimum absolute atomic E-state index is 0.0582. The van der Waals surface area contributed by atoms with Crippen LogP contribution in [0.3, 0.4) is 0 Å². The highest BCUT2D eigenvalue weighted by molar-refractivity contribution is 7.92.